The van der Waals surface area contributed by atoms with Crippen LogP contribution in [-0.4, -0.2) is 54.2 Å². The number of thioether (sulfide) groups is 1. The molecule has 0 bridgehead atoms. The molecule has 1 N–H and O–H groups in total. The van der Waals surface area contributed by atoms with Crippen LogP contribution in [0.5, 0.6) is 0 Å². The van der Waals surface area contributed by atoms with Gasteiger partial charge in [-0.1, -0.05) is 72.3 Å². The minimum atomic E-state index is -0.286. The number of fused-ring (bicyclic) bond motifs is 1. The zero-order valence-corrected chi connectivity index (χ0v) is 25.0. The second kappa shape index (κ2) is 12.9. The lowest BCUT2D eigenvalue weighted by Gasteiger charge is -2.24. The van der Waals surface area contributed by atoms with Gasteiger partial charge in [-0.2, -0.15) is 5.10 Å². The molecule has 0 spiro atoms. The van der Waals surface area contributed by atoms with E-state index in [2.05, 4.69) is 18.3 Å². The van der Waals surface area contributed by atoms with Crippen molar-refractivity contribution in [1.29, 1.82) is 0 Å². The number of carbonyl (C=O) groups is 2. The number of anilines is 1. The van der Waals surface area contributed by atoms with E-state index in [9.17, 15) is 9.59 Å². The largest absolute Gasteiger partial charge is 0.385 e. The number of hydrogen-bond acceptors (Lipinski definition) is 5. The minimum absolute atomic E-state index is 0.126. The molecule has 2 amide bonds. The lowest BCUT2D eigenvalue weighted by molar-refractivity contribution is -0.122. The van der Waals surface area contributed by atoms with Gasteiger partial charge in [-0.15, -0.1) is 11.8 Å². The summed E-state index contributed by atoms with van der Waals surface area (Å²) in [5.41, 5.74) is 6.42. The molecular weight excluding hydrogens is 556 g/mol. The van der Waals surface area contributed by atoms with Crippen LogP contribution in [0.15, 0.2) is 72.8 Å². The molecule has 1 aliphatic heterocycles. The van der Waals surface area contributed by atoms with Gasteiger partial charge in [-0.3, -0.25) is 14.5 Å². The number of hydrogen-bond donors (Lipinski definition) is 1. The molecule has 1 atom stereocenters. The number of halogens is 1. The number of aromatic nitrogens is 2. The fourth-order valence-electron chi connectivity index (χ4n) is 5.04. The number of methoxy groups -OCH3 is 1. The number of amides is 2. The highest BCUT2D eigenvalue weighted by molar-refractivity contribution is 8.00. The molecule has 0 radical (unpaired) electrons. The third kappa shape index (κ3) is 6.05. The monoisotopic (exact) mass is 588 g/mol. The van der Waals surface area contributed by atoms with Gasteiger partial charge in [0.1, 0.15) is 12.4 Å². The average molecular weight is 589 g/mol. The van der Waals surface area contributed by atoms with Crippen molar-refractivity contribution in [2.24, 2.45) is 0 Å². The number of nitrogens with one attached hydrogen (secondary N) is 1. The average Bonchev–Trinajstić information content (AvgIpc) is 3.30. The van der Waals surface area contributed by atoms with E-state index in [1.165, 1.54) is 11.8 Å². The molecule has 41 heavy (non-hydrogen) atoms. The smallest absolute Gasteiger partial charge is 0.240 e. The number of ether oxygens (including phenoxy) is 1. The number of benzene rings is 3. The number of carbonyl (C=O) groups excluding carboxylic acids is 2. The fraction of sp³-hybridized carbons (Fsp3) is 0.281. The Hall–Kier alpha value is -3.59. The van der Waals surface area contributed by atoms with Crippen molar-refractivity contribution in [2.45, 2.75) is 25.5 Å². The first-order valence-electron chi connectivity index (χ1n) is 13.6. The predicted octanol–water partition coefficient (Wildman–Crippen LogP) is 6.13. The molecule has 5 rings (SSSR count). The molecule has 0 saturated carbocycles. The van der Waals surface area contributed by atoms with Gasteiger partial charge >= 0.3 is 0 Å². The van der Waals surface area contributed by atoms with Crippen LogP contribution in [-0.2, 0) is 14.3 Å². The third-order valence-electron chi connectivity index (χ3n) is 7.28. The molecular formula is C32H33ClN4O3S. The minimum Gasteiger partial charge on any atom is -0.385 e. The Bertz CT molecular complexity index is 1560. The molecule has 2 heterocycles. The lowest BCUT2D eigenvalue weighted by Crippen LogP contribution is -2.42. The van der Waals surface area contributed by atoms with Gasteiger partial charge in [0.2, 0.25) is 11.8 Å². The SMILES string of the molecule is COCCCNC(=O)CN1C(=O)CS[C@H](c2ccccc2Cl)c2c(-c3ccccc3)nn(-c3cccc(C)c3C)c21. The van der Waals surface area contributed by atoms with Gasteiger partial charge in [0.25, 0.3) is 0 Å². The third-order valence-corrected chi connectivity index (χ3v) is 8.86. The van der Waals surface area contributed by atoms with E-state index in [1.807, 2.05) is 78.3 Å². The maximum Gasteiger partial charge on any atom is 0.240 e. The Morgan fingerprint density at radius 3 is 2.59 bits per heavy atom. The number of rotatable bonds is 9. The summed E-state index contributed by atoms with van der Waals surface area (Å²) < 4.78 is 6.95. The highest BCUT2D eigenvalue weighted by Crippen LogP contribution is 2.50. The highest BCUT2D eigenvalue weighted by Gasteiger charge is 2.38. The van der Waals surface area contributed by atoms with Crippen LogP contribution < -0.4 is 10.2 Å². The number of nitrogens with zero attached hydrogens (tertiary/aromatic N) is 3. The zero-order chi connectivity index (χ0) is 28.9. The molecule has 0 aliphatic carbocycles. The molecule has 1 aromatic heterocycles. The van der Waals surface area contributed by atoms with E-state index in [4.69, 9.17) is 21.4 Å². The van der Waals surface area contributed by atoms with Crippen LogP contribution >= 0.6 is 23.4 Å². The van der Waals surface area contributed by atoms with E-state index >= 15 is 0 Å². The summed E-state index contributed by atoms with van der Waals surface area (Å²) in [5.74, 6) is 0.368. The summed E-state index contributed by atoms with van der Waals surface area (Å²) in [4.78, 5) is 28.6. The molecule has 212 valence electrons. The van der Waals surface area contributed by atoms with E-state index in [-0.39, 0.29) is 29.4 Å². The van der Waals surface area contributed by atoms with Gasteiger partial charge in [0, 0.05) is 36.4 Å². The van der Waals surface area contributed by atoms with Crippen LogP contribution in [0.25, 0.3) is 16.9 Å². The maximum absolute atomic E-state index is 13.9. The summed E-state index contributed by atoms with van der Waals surface area (Å²) in [7, 11) is 1.63. The molecule has 7 nitrogen and oxygen atoms in total. The first-order chi connectivity index (χ1) is 19.9. The Balaban J connectivity index is 1.75. The van der Waals surface area contributed by atoms with Crippen LogP contribution in [0.4, 0.5) is 5.82 Å². The lowest BCUT2D eigenvalue weighted by atomic mass is 9.99. The van der Waals surface area contributed by atoms with E-state index < -0.39 is 0 Å². The summed E-state index contributed by atoms with van der Waals surface area (Å²) in [6.45, 7) is 4.98. The second-order valence-electron chi connectivity index (χ2n) is 9.97. The molecule has 0 fully saturated rings. The van der Waals surface area contributed by atoms with Gasteiger partial charge in [-0.25, -0.2) is 4.68 Å². The van der Waals surface area contributed by atoms with Gasteiger partial charge in [0.05, 0.1) is 22.4 Å². The predicted molar refractivity (Wildman–Crippen MR) is 166 cm³/mol. The Morgan fingerprint density at radius 1 is 1.07 bits per heavy atom. The van der Waals surface area contributed by atoms with Crippen LogP contribution in [0.1, 0.15) is 33.9 Å². The summed E-state index contributed by atoms with van der Waals surface area (Å²) in [5, 5.41) is 8.45. The van der Waals surface area contributed by atoms with Crippen molar-refractivity contribution in [1.82, 2.24) is 15.1 Å². The van der Waals surface area contributed by atoms with Crippen LogP contribution in [0.3, 0.4) is 0 Å². The van der Waals surface area contributed by atoms with Crippen molar-refractivity contribution >= 4 is 41.0 Å². The molecule has 3 aromatic carbocycles. The van der Waals surface area contributed by atoms with Crippen molar-refractivity contribution in [3.63, 3.8) is 0 Å². The van der Waals surface area contributed by atoms with Crippen LogP contribution in [0, 0.1) is 13.8 Å². The van der Waals surface area contributed by atoms with E-state index in [0.717, 1.165) is 39.2 Å². The highest BCUT2D eigenvalue weighted by atomic mass is 35.5. The molecule has 0 saturated heterocycles. The Morgan fingerprint density at radius 2 is 1.83 bits per heavy atom. The number of aryl methyl sites for hydroxylation is 1. The van der Waals surface area contributed by atoms with Crippen molar-refractivity contribution in [3.8, 4) is 16.9 Å². The molecule has 4 aromatic rings. The fourth-order valence-corrected chi connectivity index (χ4v) is 6.58. The van der Waals surface area contributed by atoms with E-state index in [1.54, 1.807) is 12.0 Å². The van der Waals surface area contributed by atoms with Gasteiger partial charge in [0.15, 0.2) is 0 Å². The van der Waals surface area contributed by atoms with Gasteiger partial charge in [-0.05, 0) is 49.1 Å². The van der Waals surface area contributed by atoms with Crippen molar-refractivity contribution in [3.05, 3.63) is 100 Å². The van der Waals surface area contributed by atoms with Crippen molar-refractivity contribution < 1.29 is 14.3 Å². The van der Waals surface area contributed by atoms with Crippen LogP contribution in [0.2, 0.25) is 5.02 Å². The summed E-state index contributed by atoms with van der Waals surface area (Å²) >= 11 is 8.28. The van der Waals surface area contributed by atoms with Crippen molar-refractivity contribution in [2.75, 3.05) is 37.5 Å². The normalized spacial score (nSPS) is 15.0. The first-order valence-corrected chi connectivity index (χ1v) is 15.0. The molecule has 0 unspecified atom stereocenters. The van der Waals surface area contributed by atoms with E-state index in [0.29, 0.717) is 30.4 Å². The molecule has 9 heteroatoms. The summed E-state index contributed by atoms with van der Waals surface area (Å²) in [6, 6.07) is 23.7. The Kier molecular flexibility index (Phi) is 9.12. The zero-order valence-electron chi connectivity index (χ0n) is 23.4. The first kappa shape index (κ1) is 28.9. The molecule has 1 aliphatic rings. The topological polar surface area (TPSA) is 76.5 Å². The summed E-state index contributed by atoms with van der Waals surface area (Å²) in [6.07, 6.45) is 0.685. The standard InChI is InChI=1S/C32H33ClN4O3S/c1-21-11-9-16-26(22(21)2)37-32-29(30(35-37)23-12-5-4-6-13-23)31(24-14-7-8-15-25(24)33)41-20-28(39)36(32)19-27(38)34-17-10-18-40-3/h4-9,11-16,31H,10,17-20H2,1-3H3,(H,34,38)/t31-/m1/s1. The van der Waals surface area contributed by atoms with Gasteiger partial charge < -0.3 is 10.1 Å². The second-order valence-corrected chi connectivity index (χ2v) is 11.5. The Labute approximate surface area is 249 Å². The quantitative estimate of drug-likeness (QED) is 0.238. The maximum atomic E-state index is 13.9.